The topological polar surface area (TPSA) is 32.3 Å². The minimum atomic E-state index is -0.781. The van der Waals surface area contributed by atoms with Gasteiger partial charge in [0.2, 0.25) is 0 Å². The van der Waals surface area contributed by atoms with Gasteiger partial charge in [-0.3, -0.25) is 0 Å². The van der Waals surface area contributed by atoms with E-state index in [-0.39, 0.29) is 0 Å². The molecule has 0 aromatic heterocycles. The summed E-state index contributed by atoms with van der Waals surface area (Å²) >= 11 is 13.3. The highest BCUT2D eigenvalue weighted by atomic mass is 35.5. The molecule has 2 aromatic carbocycles. The molecule has 2 rings (SSSR count). The predicted octanol–water partition coefficient (Wildman–Crippen LogP) is 4.63. The molecule has 0 amide bonds. The molecule has 0 saturated carbocycles. The molecule has 1 atom stereocenters. The monoisotopic (exact) mass is 355 g/mol. The molecule has 2 N–H and O–H groups in total. The molecule has 0 aliphatic rings. The van der Waals surface area contributed by atoms with Crippen LogP contribution in [-0.4, -0.2) is 23.0 Å². The lowest BCUT2D eigenvalue weighted by Crippen LogP contribution is -2.39. The van der Waals surface area contributed by atoms with Crippen LogP contribution >= 0.6 is 35.0 Å². The maximum absolute atomic E-state index is 10.4. The van der Waals surface area contributed by atoms with Gasteiger partial charge < -0.3 is 10.4 Å². The van der Waals surface area contributed by atoms with E-state index >= 15 is 0 Å². The van der Waals surface area contributed by atoms with Crippen LogP contribution in [0.5, 0.6) is 0 Å². The zero-order chi connectivity index (χ0) is 16.0. The van der Waals surface area contributed by atoms with Gasteiger partial charge in [-0.25, -0.2) is 0 Å². The lowest BCUT2D eigenvalue weighted by molar-refractivity contribution is 0.0845. The van der Waals surface area contributed by atoms with E-state index in [2.05, 4.69) is 5.32 Å². The predicted molar refractivity (Wildman–Crippen MR) is 96.0 cm³/mol. The van der Waals surface area contributed by atoms with Crippen molar-refractivity contribution >= 4 is 35.0 Å². The Morgan fingerprint density at radius 3 is 2.14 bits per heavy atom. The normalized spacial score (nSPS) is 13.8. The van der Waals surface area contributed by atoms with Crippen LogP contribution in [0.15, 0.2) is 53.4 Å². The van der Waals surface area contributed by atoms with E-state index in [0.29, 0.717) is 18.8 Å². The van der Waals surface area contributed by atoms with E-state index < -0.39 is 5.60 Å². The Balaban J connectivity index is 1.75. The summed E-state index contributed by atoms with van der Waals surface area (Å²) < 4.78 is 0. The van der Waals surface area contributed by atoms with Crippen LogP contribution in [0.2, 0.25) is 10.0 Å². The average molecular weight is 356 g/mol. The van der Waals surface area contributed by atoms with Gasteiger partial charge in [0.1, 0.15) is 0 Å². The molecule has 0 bridgehead atoms. The van der Waals surface area contributed by atoms with E-state index in [9.17, 15) is 5.11 Å². The third-order valence-electron chi connectivity index (χ3n) is 3.11. The second-order valence-electron chi connectivity index (χ2n) is 5.47. The summed E-state index contributed by atoms with van der Waals surface area (Å²) in [6.45, 7) is 3.07. The lowest BCUT2D eigenvalue weighted by Gasteiger charge is -2.23. The minimum absolute atomic E-state index is 0.524. The molecule has 0 heterocycles. The number of thioether (sulfide) groups is 1. The van der Waals surface area contributed by atoms with Crippen LogP contribution in [0.1, 0.15) is 12.5 Å². The zero-order valence-corrected chi connectivity index (χ0v) is 14.7. The molecule has 0 unspecified atom stereocenters. The van der Waals surface area contributed by atoms with Crippen molar-refractivity contribution < 1.29 is 5.11 Å². The fourth-order valence-corrected chi connectivity index (χ4v) is 3.06. The first-order chi connectivity index (χ1) is 10.4. The van der Waals surface area contributed by atoms with Crippen LogP contribution in [0, 0.1) is 0 Å². The minimum Gasteiger partial charge on any atom is -0.388 e. The van der Waals surface area contributed by atoms with E-state index in [1.807, 2.05) is 55.5 Å². The molecule has 0 aliphatic carbocycles. The maximum atomic E-state index is 10.4. The number of hydrogen-bond acceptors (Lipinski definition) is 3. The second-order valence-corrected chi connectivity index (χ2v) is 7.39. The Hall–Kier alpha value is -0.710. The summed E-state index contributed by atoms with van der Waals surface area (Å²) in [4.78, 5) is 1.10. The molecule has 5 heteroatoms. The third kappa shape index (κ3) is 6.19. The lowest BCUT2D eigenvalue weighted by atomic mass is 10.1. The van der Waals surface area contributed by atoms with Crippen molar-refractivity contribution in [1.29, 1.82) is 0 Å². The second kappa shape index (κ2) is 8.23. The van der Waals surface area contributed by atoms with Crippen LogP contribution in [0.3, 0.4) is 0 Å². The van der Waals surface area contributed by atoms with Gasteiger partial charge in [-0.1, -0.05) is 35.3 Å². The number of benzene rings is 2. The molecule has 118 valence electrons. The molecule has 22 heavy (non-hydrogen) atoms. The molecule has 0 radical (unpaired) electrons. The standard InChI is InChI=1S/C17H19Cl2NOS/c1-17(21,12-22-16-8-6-15(19)7-9-16)11-20-10-13-2-4-14(18)5-3-13/h2-9,20-21H,10-12H2,1H3/t17-/m1/s1. The number of hydrogen-bond donors (Lipinski definition) is 2. The fraction of sp³-hybridized carbons (Fsp3) is 0.294. The first kappa shape index (κ1) is 17.6. The van der Waals surface area contributed by atoms with Crippen molar-refractivity contribution in [3.8, 4) is 0 Å². The summed E-state index contributed by atoms with van der Waals surface area (Å²) in [5.74, 6) is 0.613. The van der Waals surface area contributed by atoms with Crippen LogP contribution in [0.4, 0.5) is 0 Å². The molecule has 2 nitrogen and oxygen atoms in total. The van der Waals surface area contributed by atoms with Gasteiger partial charge in [0.05, 0.1) is 5.60 Å². The number of rotatable bonds is 7. The van der Waals surface area contributed by atoms with E-state index in [1.165, 1.54) is 0 Å². The highest BCUT2D eigenvalue weighted by Crippen LogP contribution is 2.24. The van der Waals surface area contributed by atoms with Crippen LogP contribution in [-0.2, 0) is 6.54 Å². The molecule has 0 fully saturated rings. The van der Waals surface area contributed by atoms with Crippen molar-refractivity contribution in [2.24, 2.45) is 0 Å². The summed E-state index contributed by atoms with van der Waals surface area (Å²) in [7, 11) is 0. The van der Waals surface area contributed by atoms with Gasteiger partial charge in [0, 0.05) is 33.8 Å². The highest BCUT2D eigenvalue weighted by molar-refractivity contribution is 7.99. The van der Waals surface area contributed by atoms with Crippen molar-refractivity contribution in [2.45, 2.75) is 24.0 Å². The third-order valence-corrected chi connectivity index (χ3v) is 4.99. The summed E-state index contributed by atoms with van der Waals surface area (Å²) in [6.07, 6.45) is 0. The Morgan fingerprint density at radius 1 is 1.00 bits per heavy atom. The Morgan fingerprint density at radius 2 is 1.55 bits per heavy atom. The molecular formula is C17H19Cl2NOS. The molecular weight excluding hydrogens is 337 g/mol. The Kier molecular flexibility index (Phi) is 6.60. The summed E-state index contributed by atoms with van der Waals surface area (Å²) in [6, 6.07) is 15.3. The van der Waals surface area contributed by atoms with Gasteiger partial charge in [0.15, 0.2) is 0 Å². The Labute approximate surface area is 145 Å². The van der Waals surface area contributed by atoms with Crippen LogP contribution < -0.4 is 5.32 Å². The Bertz CT molecular complexity index is 585. The number of nitrogens with one attached hydrogen (secondary N) is 1. The number of aliphatic hydroxyl groups is 1. The van der Waals surface area contributed by atoms with E-state index in [0.717, 1.165) is 20.5 Å². The largest absolute Gasteiger partial charge is 0.388 e. The van der Waals surface area contributed by atoms with Gasteiger partial charge in [-0.2, -0.15) is 0 Å². The highest BCUT2D eigenvalue weighted by Gasteiger charge is 2.20. The first-order valence-corrected chi connectivity index (χ1v) is 8.75. The van der Waals surface area contributed by atoms with Crippen LogP contribution in [0.25, 0.3) is 0 Å². The zero-order valence-electron chi connectivity index (χ0n) is 12.4. The summed E-state index contributed by atoms with van der Waals surface area (Å²) in [5, 5.41) is 15.2. The van der Waals surface area contributed by atoms with Crippen molar-refractivity contribution in [3.63, 3.8) is 0 Å². The maximum Gasteiger partial charge on any atom is 0.0837 e. The van der Waals surface area contributed by atoms with E-state index in [4.69, 9.17) is 23.2 Å². The molecule has 2 aromatic rings. The van der Waals surface area contributed by atoms with Gasteiger partial charge in [0.25, 0.3) is 0 Å². The van der Waals surface area contributed by atoms with Crippen molar-refractivity contribution in [2.75, 3.05) is 12.3 Å². The number of halogens is 2. The average Bonchev–Trinajstić information content (AvgIpc) is 2.49. The van der Waals surface area contributed by atoms with Crippen molar-refractivity contribution in [3.05, 3.63) is 64.1 Å². The molecule has 0 saturated heterocycles. The van der Waals surface area contributed by atoms with E-state index in [1.54, 1.807) is 11.8 Å². The molecule has 0 aliphatic heterocycles. The first-order valence-electron chi connectivity index (χ1n) is 7.00. The fourth-order valence-electron chi connectivity index (χ4n) is 1.90. The quantitative estimate of drug-likeness (QED) is 0.710. The molecule has 0 spiro atoms. The summed E-state index contributed by atoms with van der Waals surface area (Å²) in [5.41, 5.74) is 0.363. The van der Waals surface area contributed by atoms with Crippen molar-refractivity contribution in [1.82, 2.24) is 5.32 Å². The van der Waals surface area contributed by atoms with Gasteiger partial charge >= 0.3 is 0 Å². The smallest absolute Gasteiger partial charge is 0.0837 e. The SMILES string of the molecule is C[C@@](O)(CNCc1ccc(Cl)cc1)CSc1ccc(Cl)cc1. The van der Waals surface area contributed by atoms with Gasteiger partial charge in [-0.05, 0) is 48.9 Å². The van der Waals surface area contributed by atoms with Gasteiger partial charge in [-0.15, -0.1) is 11.8 Å².